The SMILES string of the molecule is CN(C)c1nc(N)nc(N(C)CCC2=CCC=C2)n1.CN(C)c1nc(NCCC2=CCC=C2)nc(N(C)C)n1.CN(CCC1=CCC=C1)c1nc(N)nc(N)n1.CN(CCc1ccoc1)c1nc(N)nc(N)n1.CNc1nc(N)nc(N(C)CCC2=CCC=C2)n1.CNc1nc(N)nc(NCCC2=CCC=C2)n1.CNc1nc(NC)nc(NCCC2=CCC=C2)n1.Nc1nc(N)nc(NCCc2ccoc2)n1. The van der Waals surface area contributed by atoms with Crippen molar-refractivity contribution < 1.29 is 8.83 Å². The third kappa shape index (κ3) is 39.4. The number of allylic oxidation sites excluding steroid dienone is 18. The van der Waals surface area contributed by atoms with Crippen LogP contribution in [-0.4, -0.2) is 271 Å². The summed E-state index contributed by atoms with van der Waals surface area (Å²) in [6, 6.07) is 3.82. The molecule has 50 nitrogen and oxygen atoms in total. The van der Waals surface area contributed by atoms with E-state index in [2.05, 4.69) is 272 Å². The predicted molar refractivity (Wildman–Crippen MR) is 570 cm³/mol. The summed E-state index contributed by atoms with van der Waals surface area (Å²) < 4.78 is 9.94. The fraction of sp³-hybridized carbons (Fsp3) is 0.391. The summed E-state index contributed by atoms with van der Waals surface area (Å²) in [5, 5.41) is 24.1. The van der Waals surface area contributed by atoms with Gasteiger partial charge in [0.05, 0.1) is 25.1 Å². The van der Waals surface area contributed by atoms with E-state index in [-0.39, 0.29) is 53.5 Å². The third-order valence-electron chi connectivity index (χ3n) is 20.6. The molecule has 0 saturated carbocycles. The van der Waals surface area contributed by atoms with Gasteiger partial charge in [0.2, 0.25) is 143 Å². The molecule has 0 bridgehead atoms. The first kappa shape index (κ1) is 108. The molecule has 0 fully saturated rings. The minimum absolute atomic E-state index is 0.110. The van der Waals surface area contributed by atoms with E-state index in [1.54, 1.807) is 53.2 Å². The second-order valence-electron chi connectivity index (χ2n) is 32.4. The maximum Gasteiger partial charge on any atom is 0.231 e. The van der Waals surface area contributed by atoms with E-state index >= 15 is 0 Å². The van der Waals surface area contributed by atoms with E-state index in [1.165, 1.54) is 33.4 Å². The van der Waals surface area contributed by atoms with Gasteiger partial charge in [0, 0.05) is 151 Å². The zero-order valence-corrected chi connectivity index (χ0v) is 83.3. The van der Waals surface area contributed by atoms with Gasteiger partial charge in [-0.05, 0) is 113 Å². The Kier molecular flexibility index (Phi) is 44.0. The Morgan fingerprint density at radius 1 is 0.239 bits per heavy atom. The summed E-state index contributed by atoms with van der Waals surface area (Å²) in [4.78, 5) is 111. The van der Waals surface area contributed by atoms with E-state index in [0.29, 0.717) is 95.8 Å². The van der Waals surface area contributed by atoms with Crippen molar-refractivity contribution in [2.75, 3.05) is 279 Å². The average molecular weight is 1950 g/mol. The molecule has 0 amide bonds. The van der Waals surface area contributed by atoms with E-state index < -0.39 is 0 Å². The molecule has 10 aromatic heterocycles. The van der Waals surface area contributed by atoms with Gasteiger partial charge in [-0.25, -0.2) is 0 Å². The first-order valence-corrected chi connectivity index (χ1v) is 46.0. The molecule has 10 heterocycles. The second kappa shape index (κ2) is 57.7. The summed E-state index contributed by atoms with van der Waals surface area (Å²) in [5.74, 6) is 9.72. The Hall–Kier alpha value is -17.3. The van der Waals surface area contributed by atoms with Crippen molar-refractivity contribution in [2.24, 2.45) is 0 Å². The van der Waals surface area contributed by atoms with Gasteiger partial charge in [-0.1, -0.05) is 143 Å². The standard InChI is InChI=1S/C14H22N6.C13H20N6.2C12H18N6.2C11H16N6.C10H14N6O.C9H12N6O/c1-19(2)13-16-12(17-14(18-13)20(3)4)15-10-9-11-7-5-6-8-11;1-18(2)12-15-11(14)16-13(17-12)19(3)9-8-10-6-4-5-7-10;1-14-11-15-10(13)16-12(17-11)18(2)8-7-9-5-3-4-6-9;1-13-10-16-11(14-2)18-12(17-10)15-8-7-9-5-3-4-6-9;1-17(7-6-8-4-2-3-5-8)11-15-9(12)14-10(13)16-11;1-13-10-15-9(12)16-11(17-10)14-7-6-8-4-2-3-5-8;1-16(4-2-7-3-5-17-6-7)10-14-8(11)13-9(12)15-10;10-7-13-8(11)15-9(14-7)12-3-1-6-2-4-16-5-6/h5,7-8H,6,9-10H2,1-4H3,(H,15,16,17,18);4,6-7H,5,8-9H2,1-3H3,(H2,14,15,16,17);3,5-6H,4,7-8H2,1-2H3,(H3,13,14,15,16,17);3,5-6H,4,7-8H2,1-2H3,(H3,13,14,15,16,17,18);2,4-5H,3,6-7H2,1H3,(H4,12,13,14,15,16);2,4-5H,3,6-7H2,1H3,(H4,12,13,14,15,16,17);3,5-6H,2,4H2,1H3,(H4,11,12,13,14,15);2,4-5H,1,3H2,(H5,10,11,12,13,14,15). The smallest absolute Gasteiger partial charge is 0.231 e. The Morgan fingerprint density at radius 2 is 0.458 bits per heavy atom. The van der Waals surface area contributed by atoms with Gasteiger partial charge < -0.3 is 137 Å². The van der Waals surface area contributed by atoms with Crippen LogP contribution in [0.5, 0.6) is 0 Å². The number of nitrogen functional groups attached to an aromatic ring is 9. The van der Waals surface area contributed by atoms with E-state index in [1.807, 2.05) is 117 Å². The van der Waals surface area contributed by atoms with E-state index in [0.717, 1.165) is 147 Å². The van der Waals surface area contributed by atoms with Gasteiger partial charge in [0.1, 0.15) is 0 Å². The lowest BCUT2D eigenvalue weighted by Crippen LogP contribution is -2.24. The number of nitrogens with two attached hydrogens (primary N) is 9. The number of anilines is 24. The van der Waals surface area contributed by atoms with Gasteiger partial charge in [0.25, 0.3) is 0 Å². The second-order valence-corrected chi connectivity index (χ2v) is 32.4. The number of aromatic nitrogens is 24. The van der Waals surface area contributed by atoms with Crippen LogP contribution in [0.4, 0.5) is 143 Å². The average Bonchev–Trinajstić information content (AvgIpc) is 1.01. The van der Waals surface area contributed by atoms with E-state index in [9.17, 15) is 0 Å². The van der Waals surface area contributed by atoms with E-state index in [4.69, 9.17) is 60.4 Å². The molecule has 6 aliphatic carbocycles. The number of nitrogens with one attached hydrogen (secondary N) is 8. The minimum Gasteiger partial charge on any atom is -0.472 e. The summed E-state index contributed by atoms with van der Waals surface area (Å²) in [7, 11) is 26.2. The molecule has 0 aromatic carbocycles. The normalized spacial score (nSPS) is 12.8. The van der Waals surface area contributed by atoms with Crippen LogP contribution in [0.25, 0.3) is 0 Å². The summed E-state index contributed by atoms with van der Waals surface area (Å²) in [6.45, 7) is 6.34. The summed E-state index contributed by atoms with van der Waals surface area (Å²) in [5.41, 5.74) is 60.2. The largest absolute Gasteiger partial charge is 0.472 e. The molecule has 26 N–H and O–H groups in total. The third-order valence-corrected chi connectivity index (χ3v) is 20.6. The number of hydrogen-bond donors (Lipinski definition) is 17. The van der Waals surface area contributed by atoms with Crippen LogP contribution in [0.15, 0.2) is 189 Å². The molecule has 10 aromatic rings. The highest BCUT2D eigenvalue weighted by atomic mass is 16.3. The van der Waals surface area contributed by atoms with Crippen LogP contribution in [0.2, 0.25) is 0 Å². The number of rotatable bonds is 39. The quantitative estimate of drug-likeness (QED) is 0.0172. The highest BCUT2D eigenvalue weighted by Crippen LogP contribution is 2.24. The Bertz CT molecular complexity index is 5870. The lowest BCUT2D eigenvalue weighted by Gasteiger charge is -2.19. The highest BCUT2D eigenvalue weighted by Gasteiger charge is 2.18. The van der Waals surface area contributed by atoms with Gasteiger partial charge >= 0.3 is 0 Å². The van der Waals surface area contributed by atoms with Gasteiger partial charge in [-0.3, -0.25) is 0 Å². The van der Waals surface area contributed by atoms with Crippen LogP contribution in [0.1, 0.15) is 88.2 Å². The maximum absolute atomic E-state index is 5.72. The zero-order chi connectivity index (χ0) is 102. The zero-order valence-electron chi connectivity index (χ0n) is 83.3. The minimum atomic E-state index is 0.110. The molecule has 0 radical (unpaired) electrons. The van der Waals surface area contributed by atoms with Crippen LogP contribution in [-0.2, 0) is 12.8 Å². The number of nitrogens with zero attached hydrogens (tertiary/aromatic N) is 31. The summed E-state index contributed by atoms with van der Waals surface area (Å²) in [6.07, 6.45) is 59.7. The van der Waals surface area contributed by atoms with Crippen molar-refractivity contribution in [1.29, 1.82) is 0 Å². The fourth-order valence-corrected chi connectivity index (χ4v) is 13.0. The van der Waals surface area contributed by atoms with Crippen LogP contribution < -0.4 is 128 Å². The number of furan rings is 2. The van der Waals surface area contributed by atoms with Crippen molar-refractivity contribution in [3.8, 4) is 0 Å². The lowest BCUT2D eigenvalue weighted by atomic mass is 10.2. The number of likely N-dealkylation sites (N-methyl/N-ethyl adjacent to an activating group) is 1. The van der Waals surface area contributed by atoms with Crippen LogP contribution in [0, 0.1) is 0 Å². The van der Waals surface area contributed by atoms with Gasteiger partial charge in [-0.2, -0.15) is 120 Å². The van der Waals surface area contributed by atoms with Crippen molar-refractivity contribution in [3.63, 3.8) is 0 Å². The van der Waals surface area contributed by atoms with Gasteiger partial charge in [-0.15, -0.1) is 0 Å². The molecule has 142 heavy (non-hydrogen) atoms. The summed E-state index contributed by atoms with van der Waals surface area (Å²) >= 11 is 0. The first-order chi connectivity index (χ1) is 68.4. The molecule has 6 aliphatic rings. The van der Waals surface area contributed by atoms with Crippen molar-refractivity contribution in [2.45, 2.75) is 89.9 Å². The molecule has 0 aliphatic heterocycles. The molecule has 0 saturated heterocycles. The monoisotopic (exact) mass is 1950 g/mol. The van der Waals surface area contributed by atoms with Crippen molar-refractivity contribution >= 4 is 143 Å². The predicted octanol–water partition coefficient (Wildman–Crippen LogP) is 8.30. The molecule has 756 valence electrons. The maximum atomic E-state index is 5.72. The first-order valence-electron chi connectivity index (χ1n) is 46.0. The Morgan fingerprint density at radius 3 is 0.782 bits per heavy atom. The number of hydrogen-bond acceptors (Lipinski definition) is 50. The van der Waals surface area contributed by atoms with Gasteiger partial charge in [0.15, 0.2) is 0 Å². The molecule has 0 unspecified atom stereocenters. The lowest BCUT2D eigenvalue weighted by molar-refractivity contribution is 0.563. The van der Waals surface area contributed by atoms with Crippen molar-refractivity contribution in [3.05, 3.63) is 191 Å². The van der Waals surface area contributed by atoms with Crippen LogP contribution in [0.3, 0.4) is 0 Å². The van der Waals surface area contributed by atoms with Crippen molar-refractivity contribution in [1.82, 2.24) is 120 Å². The molecular formula is C92H136N48O2. The highest BCUT2D eigenvalue weighted by molar-refractivity contribution is 5.50. The molecule has 50 heteroatoms. The Labute approximate surface area is 827 Å². The molecule has 0 atom stereocenters. The molecule has 0 spiro atoms. The fourth-order valence-electron chi connectivity index (χ4n) is 13.0. The molecular weight excluding hydrogens is 1810 g/mol. The topological polar surface area (TPSA) is 689 Å². The molecule has 16 rings (SSSR count). The van der Waals surface area contributed by atoms with Crippen LogP contribution >= 0.6 is 0 Å². The Balaban J connectivity index is 0.000000181.